The van der Waals surface area contributed by atoms with Crippen LogP contribution < -0.4 is 14.9 Å². The van der Waals surface area contributed by atoms with E-state index in [2.05, 4.69) is 31.4 Å². The number of nitro groups is 1. The summed E-state index contributed by atoms with van der Waals surface area (Å²) in [5.74, 6) is -0.990. The first-order valence-corrected chi connectivity index (χ1v) is 13.1. The van der Waals surface area contributed by atoms with E-state index in [0.29, 0.717) is 16.9 Å². The maximum absolute atomic E-state index is 12.7. The van der Waals surface area contributed by atoms with Gasteiger partial charge in [0.25, 0.3) is 11.6 Å². The molecule has 0 unspecified atom stereocenters. The van der Waals surface area contributed by atoms with E-state index in [1.54, 1.807) is 30.3 Å². The third kappa shape index (κ3) is 7.37. The van der Waals surface area contributed by atoms with Crippen LogP contribution >= 0.6 is 0 Å². The van der Waals surface area contributed by atoms with Crippen molar-refractivity contribution >= 4 is 44.6 Å². The zero-order valence-electron chi connectivity index (χ0n) is 20.9. The smallest absolute Gasteiger partial charge is 0.271 e. The molecule has 2 N–H and O–H groups in total. The summed E-state index contributed by atoms with van der Waals surface area (Å²) in [6.07, 6.45) is 0.906. The van der Waals surface area contributed by atoms with E-state index in [-0.39, 0.29) is 22.7 Å². The topological polar surface area (TPSA) is 139 Å². The van der Waals surface area contributed by atoms with E-state index in [1.807, 2.05) is 12.1 Å². The molecule has 0 aliphatic rings. The summed E-state index contributed by atoms with van der Waals surface area (Å²) < 4.78 is 25.4. The maximum atomic E-state index is 12.7. The Bertz CT molecular complexity index is 1430. The molecule has 11 heteroatoms. The molecule has 0 aliphatic heterocycles. The van der Waals surface area contributed by atoms with Crippen LogP contribution in [0.15, 0.2) is 72.8 Å². The van der Waals surface area contributed by atoms with Crippen molar-refractivity contribution in [2.75, 3.05) is 27.7 Å². The molecule has 0 saturated carbocycles. The van der Waals surface area contributed by atoms with Crippen molar-refractivity contribution in [3.63, 3.8) is 0 Å². The van der Waals surface area contributed by atoms with Gasteiger partial charge < -0.3 is 10.6 Å². The molecule has 3 rings (SSSR count). The van der Waals surface area contributed by atoms with Crippen molar-refractivity contribution in [1.29, 1.82) is 0 Å². The number of non-ortho nitro benzene ring substituents is 1. The van der Waals surface area contributed by atoms with Gasteiger partial charge in [0.2, 0.25) is 15.9 Å². The number of rotatable bonds is 8. The summed E-state index contributed by atoms with van der Waals surface area (Å²) in [7, 11) is -3.92. The molecule has 10 nitrogen and oxygen atoms in total. The first-order valence-electron chi connectivity index (χ1n) is 11.3. The highest BCUT2D eigenvalue weighted by Crippen LogP contribution is 2.24. The number of carbonyl (C=O) groups excluding carboxylic acids is 2. The summed E-state index contributed by atoms with van der Waals surface area (Å²) >= 11 is 0. The van der Waals surface area contributed by atoms with Crippen LogP contribution in [0.3, 0.4) is 0 Å². The molecular formula is C26H28N4O6S. The maximum Gasteiger partial charge on any atom is 0.271 e. The number of nitro benzene ring substituents is 1. The molecule has 0 spiro atoms. The third-order valence-electron chi connectivity index (χ3n) is 5.43. The average molecular weight is 525 g/mol. The van der Waals surface area contributed by atoms with Crippen LogP contribution in [0.25, 0.3) is 0 Å². The van der Waals surface area contributed by atoms with Crippen LogP contribution in [0.2, 0.25) is 0 Å². The van der Waals surface area contributed by atoms with Crippen LogP contribution in [-0.2, 0) is 20.2 Å². The standard InChI is InChI=1S/C26H28N4O6S/c1-26(2,3)19-13-11-18(12-14-19)25(32)28-21-8-5-7-20(15-21)27-24(31)17-29(37(4,35)36)22-9-6-10-23(16-22)30(33)34/h5-16H,17H2,1-4H3,(H,27,31)(H,28,32). The Labute approximate surface area is 215 Å². The van der Waals surface area contributed by atoms with Gasteiger partial charge in [0.15, 0.2) is 0 Å². The van der Waals surface area contributed by atoms with E-state index in [9.17, 15) is 28.1 Å². The van der Waals surface area contributed by atoms with Crippen molar-refractivity contribution in [3.05, 3.63) is 94.0 Å². The van der Waals surface area contributed by atoms with Gasteiger partial charge in [0.05, 0.1) is 16.9 Å². The fourth-order valence-corrected chi connectivity index (χ4v) is 4.34. The van der Waals surface area contributed by atoms with Gasteiger partial charge in [-0.15, -0.1) is 0 Å². The molecule has 0 saturated heterocycles. The summed E-state index contributed by atoms with van der Waals surface area (Å²) in [5.41, 5.74) is 1.99. The molecular weight excluding hydrogens is 496 g/mol. The number of benzene rings is 3. The van der Waals surface area contributed by atoms with Gasteiger partial charge in [-0.3, -0.25) is 24.0 Å². The minimum atomic E-state index is -3.92. The van der Waals surface area contributed by atoms with E-state index in [4.69, 9.17) is 0 Å². The zero-order valence-corrected chi connectivity index (χ0v) is 21.7. The lowest BCUT2D eigenvalue weighted by Crippen LogP contribution is -2.37. The largest absolute Gasteiger partial charge is 0.324 e. The molecule has 37 heavy (non-hydrogen) atoms. The third-order valence-corrected chi connectivity index (χ3v) is 6.57. The van der Waals surface area contributed by atoms with E-state index in [0.717, 1.165) is 22.2 Å². The number of nitrogens with one attached hydrogen (secondary N) is 2. The quantitative estimate of drug-likeness (QED) is 0.327. The molecule has 194 valence electrons. The number of carbonyl (C=O) groups is 2. The number of amides is 2. The van der Waals surface area contributed by atoms with Crippen LogP contribution in [0.5, 0.6) is 0 Å². The van der Waals surface area contributed by atoms with Gasteiger partial charge in [0.1, 0.15) is 6.54 Å². The predicted molar refractivity (Wildman–Crippen MR) is 143 cm³/mol. The Morgan fingerprint density at radius 1 is 0.919 bits per heavy atom. The highest BCUT2D eigenvalue weighted by atomic mass is 32.2. The molecule has 3 aromatic carbocycles. The fourth-order valence-electron chi connectivity index (χ4n) is 3.49. The van der Waals surface area contributed by atoms with Gasteiger partial charge in [-0.05, 0) is 47.4 Å². The van der Waals surface area contributed by atoms with Gasteiger partial charge in [-0.1, -0.05) is 45.0 Å². The highest BCUT2D eigenvalue weighted by molar-refractivity contribution is 7.92. The second kappa shape index (κ2) is 10.8. The summed E-state index contributed by atoms with van der Waals surface area (Å²) in [6.45, 7) is 5.65. The molecule has 0 aliphatic carbocycles. The Morgan fingerprint density at radius 2 is 1.51 bits per heavy atom. The minimum Gasteiger partial charge on any atom is -0.324 e. The van der Waals surface area contributed by atoms with Crippen LogP contribution in [-0.4, -0.2) is 38.0 Å². The minimum absolute atomic E-state index is 0.00894. The second-order valence-electron chi connectivity index (χ2n) is 9.46. The van der Waals surface area contributed by atoms with Crippen molar-refractivity contribution in [1.82, 2.24) is 0 Å². The lowest BCUT2D eigenvalue weighted by atomic mass is 9.87. The molecule has 3 aromatic rings. The first kappa shape index (κ1) is 27.3. The van der Waals surface area contributed by atoms with Crippen molar-refractivity contribution < 1.29 is 22.9 Å². The number of hydrogen-bond donors (Lipinski definition) is 2. The summed E-state index contributed by atoms with van der Waals surface area (Å²) in [4.78, 5) is 35.8. The van der Waals surface area contributed by atoms with Crippen LogP contribution in [0.4, 0.5) is 22.7 Å². The van der Waals surface area contributed by atoms with E-state index >= 15 is 0 Å². The number of sulfonamides is 1. The van der Waals surface area contributed by atoms with Crippen LogP contribution in [0, 0.1) is 10.1 Å². The van der Waals surface area contributed by atoms with Gasteiger partial charge in [0, 0.05) is 29.1 Å². The van der Waals surface area contributed by atoms with Crippen molar-refractivity contribution in [3.8, 4) is 0 Å². The Morgan fingerprint density at radius 3 is 2.08 bits per heavy atom. The molecule has 0 heterocycles. The Balaban J connectivity index is 1.71. The normalized spacial score (nSPS) is 11.5. The van der Waals surface area contributed by atoms with E-state index in [1.165, 1.54) is 24.3 Å². The Hall–Kier alpha value is -4.25. The predicted octanol–water partition coefficient (Wildman–Crippen LogP) is 4.55. The first-order chi connectivity index (χ1) is 17.2. The molecule has 0 fully saturated rings. The lowest BCUT2D eigenvalue weighted by molar-refractivity contribution is -0.384. The molecule has 0 radical (unpaired) electrons. The fraction of sp³-hybridized carbons (Fsp3) is 0.231. The van der Waals surface area contributed by atoms with Crippen LogP contribution in [0.1, 0.15) is 36.7 Å². The van der Waals surface area contributed by atoms with E-state index < -0.39 is 27.4 Å². The monoisotopic (exact) mass is 524 g/mol. The van der Waals surface area contributed by atoms with Gasteiger partial charge >= 0.3 is 0 Å². The lowest BCUT2D eigenvalue weighted by Gasteiger charge is -2.21. The van der Waals surface area contributed by atoms with Gasteiger partial charge in [-0.2, -0.15) is 0 Å². The van der Waals surface area contributed by atoms with Crippen molar-refractivity contribution in [2.24, 2.45) is 0 Å². The summed E-state index contributed by atoms with van der Waals surface area (Å²) in [6, 6.07) is 18.7. The Kier molecular flexibility index (Phi) is 7.97. The molecule has 0 bridgehead atoms. The second-order valence-corrected chi connectivity index (χ2v) is 11.4. The molecule has 0 aromatic heterocycles. The molecule has 0 atom stereocenters. The summed E-state index contributed by atoms with van der Waals surface area (Å²) in [5, 5.41) is 16.4. The SMILES string of the molecule is CC(C)(C)c1ccc(C(=O)Nc2cccc(NC(=O)CN(c3cccc([N+](=O)[O-])c3)S(C)(=O)=O)c2)cc1. The highest BCUT2D eigenvalue weighted by Gasteiger charge is 2.23. The number of hydrogen-bond acceptors (Lipinski definition) is 6. The van der Waals surface area contributed by atoms with Crippen molar-refractivity contribution in [2.45, 2.75) is 26.2 Å². The number of anilines is 3. The average Bonchev–Trinajstić information content (AvgIpc) is 2.81. The zero-order chi connectivity index (χ0) is 27.4. The van der Waals surface area contributed by atoms with Gasteiger partial charge in [-0.25, -0.2) is 8.42 Å². The molecule has 2 amide bonds. The number of nitrogens with zero attached hydrogens (tertiary/aromatic N) is 2.